The van der Waals surface area contributed by atoms with Crippen molar-refractivity contribution in [2.45, 2.75) is 12.3 Å². The number of hydrogen-bond acceptors (Lipinski definition) is 5. The summed E-state index contributed by atoms with van der Waals surface area (Å²) < 4.78 is 5.51. The largest absolute Gasteiger partial charge is 0.449 e. The number of benzene rings is 2. The van der Waals surface area contributed by atoms with Gasteiger partial charge in [0.15, 0.2) is 0 Å². The minimum absolute atomic E-state index is 0.0467. The number of nitrogen functional groups attached to an aromatic ring is 1. The third kappa shape index (κ3) is 4.41. The number of fused-ring (bicyclic) bond motifs is 3. The van der Waals surface area contributed by atoms with Gasteiger partial charge in [0, 0.05) is 18.7 Å². The summed E-state index contributed by atoms with van der Waals surface area (Å²) in [6.45, 7) is 0.741. The number of hydrogen-bond donors (Lipinski definition) is 2. The highest BCUT2D eigenvalue weighted by Crippen LogP contribution is 2.44. The highest BCUT2D eigenvalue weighted by Gasteiger charge is 2.28. The minimum Gasteiger partial charge on any atom is -0.449 e. The Balaban J connectivity index is 1.27. The van der Waals surface area contributed by atoms with Crippen LogP contribution in [-0.4, -0.2) is 24.2 Å². The molecule has 0 radical (unpaired) electrons. The fourth-order valence-corrected chi connectivity index (χ4v) is 3.80. The number of nitrogens with one attached hydrogen (secondary N) is 1. The summed E-state index contributed by atoms with van der Waals surface area (Å²) in [5, 5.41) is 11.8. The summed E-state index contributed by atoms with van der Waals surface area (Å²) in [4.78, 5) is 16.1. The maximum atomic E-state index is 12.2. The van der Waals surface area contributed by atoms with Crippen molar-refractivity contribution in [3.63, 3.8) is 0 Å². The topological polar surface area (TPSA) is 101 Å². The van der Waals surface area contributed by atoms with Crippen molar-refractivity contribution in [2.24, 2.45) is 0 Å². The first kappa shape index (κ1) is 20.2. The Morgan fingerprint density at radius 3 is 2.52 bits per heavy atom. The molecule has 1 aliphatic rings. The van der Waals surface area contributed by atoms with Crippen LogP contribution in [0.15, 0.2) is 66.9 Å². The molecular weight excluding hydrogens is 388 g/mol. The van der Waals surface area contributed by atoms with E-state index in [1.807, 2.05) is 42.5 Å². The summed E-state index contributed by atoms with van der Waals surface area (Å²) in [5.41, 5.74) is 11.5. The first-order valence-electron chi connectivity index (χ1n) is 10.1. The molecule has 4 rings (SSSR count). The summed E-state index contributed by atoms with van der Waals surface area (Å²) >= 11 is 0. The quantitative estimate of drug-likeness (QED) is 0.584. The van der Waals surface area contributed by atoms with Gasteiger partial charge in [0.1, 0.15) is 18.5 Å². The van der Waals surface area contributed by atoms with Crippen LogP contribution in [-0.2, 0) is 4.74 Å². The molecule has 0 aliphatic heterocycles. The second-order valence-corrected chi connectivity index (χ2v) is 7.26. The van der Waals surface area contributed by atoms with Gasteiger partial charge in [-0.05, 0) is 40.3 Å². The number of nitrogens with zero attached hydrogens (tertiary/aromatic N) is 2. The lowest BCUT2D eigenvalue weighted by molar-refractivity contribution is 0.143. The van der Waals surface area contributed by atoms with Crippen LogP contribution in [0.25, 0.3) is 17.2 Å². The molecule has 0 spiro atoms. The molecule has 154 valence electrons. The molecule has 2 aromatic carbocycles. The maximum Gasteiger partial charge on any atom is 0.407 e. The fourth-order valence-electron chi connectivity index (χ4n) is 3.80. The molecule has 0 bridgehead atoms. The Kier molecular flexibility index (Phi) is 5.95. The van der Waals surface area contributed by atoms with Crippen LogP contribution in [0.4, 0.5) is 10.6 Å². The number of nitrogens with two attached hydrogens (primary N) is 1. The Bertz CT molecular complexity index is 1130. The van der Waals surface area contributed by atoms with Gasteiger partial charge in [-0.3, -0.25) is 0 Å². The van der Waals surface area contributed by atoms with Crippen molar-refractivity contribution in [1.29, 1.82) is 5.26 Å². The molecule has 3 aromatic rings. The predicted octanol–water partition coefficient (Wildman–Crippen LogP) is 4.48. The SMILES string of the molecule is N#Cc1cc(C=CCCNC(=O)OCC2c3ccccc3-c3ccccc32)cnc1N. The van der Waals surface area contributed by atoms with Gasteiger partial charge in [0.2, 0.25) is 0 Å². The molecule has 0 saturated carbocycles. The number of ether oxygens (including phenoxy) is 1. The van der Waals surface area contributed by atoms with Gasteiger partial charge in [-0.1, -0.05) is 60.7 Å². The second-order valence-electron chi connectivity index (χ2n) is 7.26. The van der Waals surface area contributed by atoms with Gasteiger partial charge in [-0.25, -0.2) is 9.78 Å². The van der Waals surface area contributed by atoms with E-state index >= 15 is 0 Å². The van der Waals surface area contributed by atoms with Crippen LogP contribution >= 0.6 is 0 Å². The second kappa shape index (κ2) is 9.14. The van der Waals surface area contributed by atoms with Crippen molar-refractivity contribution in [2.75, 3.05) is 18.9 Å². The average molecular weight is 410 g/mol. The van der Waals surface area contributed by atoms with E-state index in [1.54, 1.807) is 12.3 Å². The van der Waals surface area contributed by atoms with Gasteiger partial charge >= 0.3 is 6.09 Å². The van der Waals surface area contributed by atoms with Crippen LogP contribution in [0.5, 0.6) is 0 Å². The molecule has 31 heavy (non-hydrogen) atoms. The summed E-state index contributed by atoms with van der Waals surface area (Å²) in [6, 6.07) is 20.2. The van der Waals surface area contributed by atoms with E-state index in [4.69, 9.17) is 15.7 Å². The number of alkyl carbamates (subject to hydrolysis) is 1. The van der Waals surface area contributed by atoms with E-state index in [9.17, 15) is 4.79 Å². The molecule has 0 saturated heterocycles. The van der Waals surface area contributed by atoms with E-state index in [2.05, 4.69) is 34.6 Å². The number of nitriles is 1. The van der Waals surface area contributed by atoms with Gasteiger partial charge in [0.25, 0.3) is 0 Å². The van der Waals surface area contributed by atoms with E-state index in [1.165, 1.54) is 22.3 Å². The highest BCUT2D eigenvalue weighted by molar-refractivity contribution is 5.79. The Morgan fingerprint density at radius 1 is 1.16 bits per heavy atom. The molecule has 1 amide bonds. The summed E-state index contributed by atoms with van der Waals surface area (Å²) in [5.74, 6) is 0.266. The van der Waals surface area contributed by atoms with Crippen LogP contribution in [0, 0.1) is 11.3 Å². The maximum absolute atomic E-state index is 12.2. The zero-order valence-corrected chi connectivity index (χ0v) is 16.9. The van der Waals surface area contributed by atoms with Crippen LogP contribution in [0.3, 0.4) is 0 Å². The first-order chi connectivity index (χ1) is 15.2. The Labute approximate surface area is 181 Å². The van der Waals surface area contributed by atoms with Gasteiger partial charge < -0.3 is 15.8 Å². The van der Waals surface area contributed by atoms with Crippen molar-refractivity contribution in [3.05, 3.63) is 89.1 Å². The fraction of sp³-hybridized carbons (Fsp3) is 0.160. The van der Waals surface area contributed by atoms with Crippen molar-refractivity contribution in [1.82, 2.24) is 10.3 Å². The molecule has 0 unspecified atom stereocenters. The van der Waals surface area contributed by atoms with Crippen molar-refractivity contribution < 1.29 is 9.53 Å². The molecular formula is C25H22N4O2. The van der Waals surface area contributed by atoms with Crippen LogP contribution < -0.4 is 11.1 Å². The number of carbonyl (C=O) groups excluding carboxylic acids is 1. The number of carbonyl (C=O) groups is 1. The minimum atomic E-state index is -0.434. The third-order valence-electron chi connectivity index (χ3n) is 5.29. The Morgan fingerprint density at radius 2 is 1.84 bits per heavy atom. The van der Waals surface area contributed by atoms with Crippen molar-refractivity contribution >= 4 is 18.0 Å². The first-order valence-corrected chi connectivity index (χ1v) is 10.1. The lowest BCUT2D eigenvalue weighted by atomic mass is 9.98. The number of aromatic nitrogens is 1. The normalized spacial score (nSPS) is 12.2. The highest BCUT2D eigenvalue weighted by atomic mass is 16.5. The molecule has 6 heteroatoms. The third-order valence-corrected chi connectivity index (χ3v) is 5.29. The summed E-state index contributed by atoms with van der Waals surface area (Å²) in [6.07, 6.45) is 5.53. The predicted molar refractivity (Wildman–Crippen MR) is 120 cm³/mol. The van der Waals surface area contributed by atoms with E-state index in [0.717, 1.165) is 5.56 Å². The average Bonchev–Trinajstić information content (AvgIpc) is 3.12. The van der Waals surface area contributed by atoms with Gasteiger partial charge in [-0.2, -0.15) is 5.26 Å². The molecule has 0 atom stereocenters. The van der Waals surface area contributed by atoms with Gasteiger partial charge in [0.05, 0.1) is 5.56 Å². The number of anilines is 1. The molecule has 1 aliphatic carbocycles. The van der Waals surface area contributed by atoms with Crippen molar-refractivity contribution in [3.8, 4) is 17.2 Å². The standard InChI is InChI=1S/C25H22N4O2/c26-14-18-13-17(15-29-24(18)27)7-5-6-12-28-25(30)31-16-23-21-10-3-1-8-19(21)20-9-2-4-11-22(20)23/h1-5,7-11,13,15,23H,6,12,16H2,(H2,27,29)(H,28,30). The number of pyridine rings is 1. The lowest BCUT2D eigenvalue weighted by Crippen LogP contribution is -2.26. The smallest absolute Gasteiger partial charge is 0.407 e. The zero-order valence-electron chi connectivity index (χ0n) is 16.9. The van der Waals surface area contributed by atoms with E-state index in [0.29, 0.717) is 25.1 Å². The Hall–Kier alpha value is -4.11. The zero-order chi connectivity index (χ0) is 21.6. The van der Waals surface area contributed by atoms with Crippen LogP contribution in [0.1, 0.15) is 34.6 Å². The number of rotatable bonds is 6. The molecule has 1 heterocycles. The summed E-state index contributed by atoms with van der Waals surface area (Å²) in [7, 11) is 0. The molecule has 0 fully saturated rings. The van der Waals surface area contributed by atoms with Gasteiger partial charge in [-0.15, -0.1) is 0 Å². The van der Waals surface area contributed by atoms with E-state index < -0.39 is 6.09 Å². The monoisotopic (exact) mass is 410 g/mol. The molecule has 6 nitrogen and oxygen atoms in total. The van der Waals surface area contributed by atoms with E-state index in [-0.39, 0.29) is 11.7 Å². The molecule has 1 aromatic heterocycles. The molecule has 3 N–H and O–H groups in total. The lowest BCUT2D eigenvalue weighted by Gasteiger charge is -2.14. The van der Waals surface area contributed by atoms with Crippen LogP contribution in [0.2, 0.25) is 0 Å². The number of amides is 1.